The van der Waals surface area contributed by atoms with Gasteiger partial charge >= 0.3 is 6.47 Å². The van der Waals surface area contributed by atoms with E-state index in [1.165, 1.54) is 6.47 Å². The number of hydrogen-bond acceptors (Lipinski definition) is 3. The van der Waals surface area contributed by atoms with Crippen molar-refractivity contribution in [3.05, 3.63) is 29.8 Å². The summed E-state index contributed by atoms with van der Waals surface area (Å²) in [4.78, 5) is 21.2. The molecule has 0 unspecified atom stereocenters. The van der Waals surface area contributed by atoms with Gasteiger partial charge in [-0.05, 0) is 24.1 Å². The molecule has 4 nitrogen and oxygen atoms in total. The van der Waals surface area contributed by atoms with Gasteiger partial charge in [0.15, 0.2) is 0 Å². The molecule has 0 saturated heterocycles. The molecule has 0 aliphatic rings. The Morgan fingerprint density at radius 3 is 2.65 bits per heavy atom. The Morgan fingerprint density at radius 2 is 2.06 bits per heavy atom. The summed E-state index contributed by atoms with van der Waals surface area (Å²) >= 11 is 0. The maximum Gasteiger partial charge on any atom is 0.417 e. The summed E-state index contributed by atoms with van der Waals surface area (Å²) in [5.74, 6) is 0.0270. The van der Waals surface area contributed by atoms with Gasteiger partial charge in [-0.1, -0.05) is 19.1 Å². The fourth-order valence-corrected chi connectivity index (χ4v) is 1.42. The predicted octanol–water partition coefficient (Wildman–Crippen LogP) is 2.05. The summed E-state index contributed by atoms with van der Waals surface area (Å²) < 4.78 is 4.49. The minimum Gasteiger partial charge on any atom is -0.457 e. The van der Waals surface area contributed by atoms with Crippen LogP contribution in [0.25, 0.3) is 0 Å². The molecule has 0 heterocycles. The summed E-state index contributed by atoms with van der Waals surface area (Å²) in [6.07, 6.45) is 2.02. The first kappa shape index (κ1) is 13.2. The fourth-order valence-electron chi connectivity index (χ4n) is 1.42. The highest BCUT2D eigenvalue weighted by Crippen LogP contribution is 2.10. The zero-order valence-electron chi connectivity index (χ0n) is 9.86. The molecule has 0 saturated carbocycles. The van der Waals surface area contributed by atoms with Crippen molar-refractivity contribution in [1.29, 1.82) is 0 Å². The van der Waals surface area contributed by atoms with Crippen molar-refractivity contribution in [2.75, 3.05) is 11.9 Å². The number of rotatable bonds is 7. The average molecular weight is 234 g/mol. The lowest BCUT2D eigenvalue weighted by Gasteiger charge is -2.05. The molecule has 91 valence electrons. The van der Waals surface area contributed by atoms with Crippen molar-refractivity contribution in [3.8, 4) is 0 Å². The van der Waals surface area contributed by atoms with E-state index in [1.54, 1.807) is 0 Å². The summed E-state index contributed by atoms with van der Waals surface area (Å²) in [6, 6.07) is 7.48. The van der Waals surface area contributed by atoms with Crippen LogP contribution in [0.1, 0.15) is 25.3 Å². The summed E-state index contributed by atoms with van der Waals surface area (Å²) in [5.41, 5.74) is 1.84. The normalized spacial score (nSPS) is 9.71. The highest BCUT2D eigenvalue weighted by molar-refractivity contribution is 5.90. The zero-order valence-corrected chi connectivity index (χ0v) is 9.86. The number of nitrogens with one attached hydrogen (secondary N) is 1. The highest BCUT2D eigenvalue weighted by atomic mass is 16.5. The molecule has 0 aliphatic carbocycles. The zero-order chi connectivity index (χ0) is 12.5. The molecule has 1 aromatic rings. The van der Waals surface area contributed by atoms with E-state index in [4.69, 9.17) is 0 Å². The van der Waals surface area contributed by atoms with Crippen LogP contribution in [0, 0.1) is 0 Å². The third-order valence-electron chi connectivity index (χ3n) is 2.27. The minimum atomic E-state index is 0.0270. The van der Waals surface area contributed by atoms with Crippen molar-refractivity contribution in [3.63, 3.8) is 0 Å². The average Bonchev–Trinajstić information content (AvgIpc) is 2.32. The molecule has 1 N–H and O–H groups in total. The van der Waals surface area contributed by atoms with Crippen molar-refractivity contribution >= 4 is 18.1 Å². The predicted molar refractivity (Wildman–Crippen MR) is 65.3 cm³/mol. The standard InChI is InChI=1S/C13H16NO3/c1-2-3-13(16)14-12-6-4-11(5-7-12)8-9-17-10-15/h4-7H,2-3,8-9H2,1H3,(H,14,16). The largest absolute Gasteiger partial charge is 0.457 e. The number of carbonyl (C=O) groups excluding carboxylic acids is 2. The van der Waals surface area contributed by atoms with Crippen molar-refractivity contribution in [2.45, 2.75) is 26.2 Å². The van der Waals surface area contributed by atoms with Crippen LogP contribution < -0.4 is 5.32 Å². The number of anilines is 1. The quantitative estimate of drug-likeness (QED) is 0.734. The van der Waals surface area contributed by atoms with E-state index in [2.05, 4.69) is 10.1 Å². The molecule has 0 fully saturated rings. The first-order valence-electron chi connectivity index (χ1n) is 5.64. The van der Waals surface area contributed by atoms with Crippen molar-refractivity contribution in [1.82, 2.24) is 0 Å². The highest BCUT2D eigenvalue weighted by Gasteiger charge is 2.00. The monoisotopic (exact) mass is 234 g/mol. The maximum atomic E-state index is 11.3. The Bertz CT molecular complexity index is 359. The number of hydrogen-bond donors (Lipinski definition) is 1. The van der Waals surface area contributed by atoms with E-state index in [0.29, 0.717) is 19.4 Å². The second-order valence-corrected chi connectivity index (χ2v) is 3.68. The van der Waals surface area contributed by atoms with Crippen molar-refractivity contribution in [2.24, 2.45) is 0 Å². The lowest BCUT2D eigenvalue weighted by atomic mass is 10.1. The Labute approximate surface area is 101 Å². The first-order chi connectivity index (χ1) is 8.26. The molecular formula is C13H16NO3. The Kier molecular flexibility index (Phi) is 5.79. The maximum absolute atomic E-state index is 11.3. The Balaban J connectivity index is 2.44. The van der Waals surface area contributed by atoms with Gasteiger partial charge in [-0.2, -0.15) is 0 Å². The Hall–Kier alpha value is -1.84. The van der Waals surface area contributed by atoms with Crippen LogP contribution in [0.2, 0.25) is 0 Å². The van der Waals surface area contributed by atoms with Gasteiger partial charge in [-0.25, -0.2) is 4.79 Å². The fraction of sp³-hybridized carbons (Fsp3) is 0.385. The van der Waals surface area contributed by atoms with Crippen molar-refractivity contribution < 1.29 is 14.3 Å². The van der Waals surface area contributed by atoms with Gasteiger partial charge in [0.05, 0.1) is 6.61 Å². The van der Waals surface area contributed by atoms with Gasteiger partial charge in [-0.15, -0.1) is 0 Å². The van der Waals surface area contributed by atoms with Gasteiger partial charge in [0, 0.05) is 18.5 Å². The van der Waals surface area contributed by atoms with Gasteiger partial charge in [0.25, 0.3) is 0 Å². The number of benzene rings is 1. The summed E-state index contributed by atoms with van der Waals surface area (Å²) in [6.45, 7) is 3.67. The first-order valence-corrected chi connectivity index (χ1v) is 5.64. The third-order valence-corrected chi connectivity index (χ3v) is 2.27. The molecule has 0 aliphatic heterocycles. The second kappa shape index (κ2) is 7.44. The lowest BCUT2D eigenvalue weighted by Crippen LogP contribution is -2.10. The molecular weight excluding hydrogens is 218 g/mol. The molecule has 4 heteroatoms. The molecule has 0 bridgehead atoms. The van der Waals surface area contributed by atoms with E-state index < -0.39 is 0 Å². The van der Waals surface area contributed by atoms with Gasteiger partial charge in [0.2, 0.25) is 5.91 Å². The van der Waals surface area contributed by atoms with E-state index >= 15 is 0 Å². The van der Waals surface area contributed by atoms with Crippen LogP contribution >= 0.6 is 0 Å². The van der Waals surface area contributed by atoms with E-state index in [-0.39, 0.29) is 5.91 Å². The summed E-state index contributed by atoms with van der Waals surface area (Å²) in [5, 5.41) is 2.80. The van der Waals surface area contributed by atoms with Crippen LogP contribution in [-0.4, -0.2) is 19.0 Å². The lowest BCUT2D eigenvalue weighted by molar-refractivity contribution is -0.116. The van der Waals surface area contributed by atoms with Crippen LogP contribution in [0.5, 0.6) is 0 Å². The number of ether oxygens (including phenoxy) is 1. The molecule has 1 radical (unpaired) electrons. The molecule has 0 spiro atoms. The molecule has 0 aromatic heterocycles. The Morgan fingerprint density at radius 1 is 1.35 bits per heavy atom. The number of amides is 1. The molecule has 1 aromatic carbocycles. The second-order valence-electron chi connectivity index (χ2n) is 3.68. The molecule has 1 rings (SSSR count). The van der Waals surface area contributed by atoms with E-state index in [1.807, 2.05) is 31.2 Å². The van der Waals surface area contributed by atoms with Crippen LogP contribution in [-0.2, 0) is 20.7 Å². The smallest absolute Gasteiger partial charge is 0.417 e. The van der Waals surface area contributed by atoms with Crippen LogP contribution in [0.4, 0.5) is 5.69 Å². The minimum absolute atomic E-state index is 0.0270. The molecule has 1 amide bonds. The van der Waals surface area contributed by atoms with Crippen LogP contribution in [0.3, 0.4) is 0 Å². The number of carbonyl (C=O) groups is 1. The van der Waals surface area contributed by atoms with E-state index in [0.717, 1.165) is 17.7 Å². The topological polar surface area (TPSA) is 55.4 Å². The van der Waals surface area contributed by atoms with Crippen LogP contribution in [0.15, 0.2) is 24.3 Å². The van der Waals surface area contributed by atoms with Gasteiger partial charge in [0.1, 0.15) is 0 Å². The molecule has 17 heavy (non-hydrogen) atoms. The van der Waals surface area contributed by atoms with E-state index in [9.17, 15) is 9.59 Å². The van der Waals surface area contributed by atoms with Gasteiger partial charge in [-0.3, -0.25) is 4.79 Å². The SMILES string of the molecule is CCCC(=O)Nc1ccc(CCO[C]=O)cc1. The van der Waals surface area contributed by atoms with Gasteiger partial charge < -0.3 is 10.1 Å². The third kappa shape index (κ3) is 5.15. The molecule has 0 atom stereocenters. The summed E-state index contributed by atoms with van der Waals surface area (Å²) in [7, 11) is 0.